The van der Waals surface area contributed by atoms with E-state index in [4.69, 9.17) is 0 Å². The van der Waals surface area contributed by atoms with Crippen molar-refractivity contribution < 1.29 is 9.18 Å². The lowest BCUT2D eigenvalue weighted by Crippen LogP contribution is -2.16. The van der Waals surface area contributed by atoms with Gasteiger partial charge in [-0.3, -0.25) is 4.79 Å². The summed E-state index contributed by atoms with van der Waals surface area (Å²) in [6, 6.07) is 7.69. The molecule has 110 valence electrons. The summed E-state index contributed by atoms with van der Waals surface area (Å²) in [5, 5.41) is 5.83. The van der Waals surface area contributed by atoms with E-state index in [1.54, 1.807) is 24.4 Å². The molecule has 2 rings (SSSR count). The first kappa shape index (κ1) is 15.0. The van der Waals surface area contributed by atoms with Gasteiger partial charge in [0.25, 0.3) is 5.91 Å². The molecule has 2 N–H and O–H groups in total. The molecule has 0 fully saturated rings. The Morgan fingerprint density at radius 2 is 2.14 bits per heavy atom. The number of halogens is 1. The van der Waals surface area contributed by atoms with Crippen LogP contribution in [0.25, 0.3) is 0 Å². The number of carbonyl (C=O) groups is 1. The van der Waals surface area contributed by atoms with Crippen LogP contribution in [0.1, 0.15) is 29.3 Å². The quantitative estimate of drug-likeness (QED) is 0.883. The Balaban J connectivity index is 2.22. The van der Waals surface area contributed by atoms with Crippen LogP contribution in [-0.2, 0) is 0 Å². The van der Waals surface area contributed by atoms with E-state index in [0.29, 0.717) is 17.1 Å². The number of aryl methyl sites for hydroxylation is 1. The van der Waals surface area contributed by atoms with Crippen molar-refractivity contribution in [3.8, 4) is 0 Å². The molecule has 0 unspecified atom stereocenters. The highest BCUT2D eigenvalue weighted by Gasteiger charge is 2.13. The third kappa shape index (κ3) is 3.78. The van der Waals surface area contributed by atoms with Gasteiger partial charge in [0, 0.05) is 18.4 Å². The first-order valence-electron chi connectivity index (χ1n) is 6.88. The zero-order chi connectivity index (χ0) is 15.2. The Morgan fingerprint density at radius 3 is 2.90 bits per heavy atom. The molecule has 0 saturated heterocycles. The van der Waals surface area contributed by atoms with E-state index >= 15 is 0 Å². The lowest BCUT2D eigenvalue weighted by molar-refractivity contribution is 0.102. The predicted octanol–water partition coefficient (Wildman–Crippen LogP) is 3.60. The van der Waals surface area contributed by atoms with Crippen LogP contribution in [0.3, 0.4) is 0 Å². The number of nitrogens with zero attached hydrogens (tertiary/aromatic N) is 1. The summed E-state index contributed by atoms with van der Waals surface area (Å²) in [4.78, 5) is 16.5. The molecule has 5 heteroatoms. The van der Waals surface area contributed by atoms with Crippen LogP contribution in [-0.4, -0.2) is 17.4 Å². The molecular weight excluding hydrogens is 269 g/mol. The number of amides is 1. The van der Waals surface area contributed by atoms with Crippen molar-refractivity contribution in [2.45, 2.75) is 20.3 Å². The second-order valence-corrected chi connectivity index (χ2v) is 4.74. The van der Waals surface area contributed by atoms with E-state index in [-0.39, 0.29) is 11.7 Å². The lowest BCUT2D eigenvalue weighted by atomic mass is 10.1. The average molecular weight is 287 g/mol. The minimum absolute atomic E-state index is 0.310. The maximum atomic E-state index is 13.3. The van der Waals surface area contributed by atoms with Gasteiger partial charge in [-0.2, -0.15) is 0 Å². The molecule has 0 aliphatic carbocycles. The fourth-order valence-electron chi connectivity index (χ4n) is 1.89. The van der Waals surface area contributed by atoms with Gasteiger partial charge in [0.05, 0.1) is 5.56 Å². The molecule has 2 aromatic rings. The summed E-state index contributed by atoms with van der Waals surface area (Å²) < 4.78 is 13.3. The summed E-state index contributed by atoms with van der Waals surface area (Å²) >= 11 is 0. The largest absolute Gasteiger partial charge is 0.369 e. The number of anilines is 2. The number of rotatable bonds is 5. The minimum atomic E-state index is -0.383. The van der Waals surface area contributed by atoms with Crippen molar-refractivity contribution in [2.24, 2.45) is 0 Å². The van der Waals surface area contributed by atoms with Gasteiger partial charge in [0.2, 0.25) is 0 Å². The third-order valence-corrected chi connectivity index (χ3v) is 3.04. The molecular formula is C16H18FN3O. The Bertz CT molecular complexity index is 643. The summed E-state index contributed by atoms with van der Waals surface area (Å²) in [6.45, 7) is 4.58. The third-order valence-electron chi connectivity index (χ3n) is 3.04. The zero-order valence-electron chi connectivity index (χ0n) is 12.1. The SMILES string of the molecule is CCCNc1ncccc1C(=O)Nc1cc(F)ccc1C. The van der Waals surface area contributed by atoms with Crippen LogP contribution >= 0.6 is 0 Å². The summed E-state index contributed by atoms with van der Waals surface area (Å²) in [5.41, 5.74) is 1.71. The first-order valence-corrected chi connectivity index (χ1v) is 6.88. The van der Waals surface area contributed by atoms with Crippen molar-refractivity contribution in [3.05, 3.63) is 53.5 Å². The molecule has 1 amide bonds. The normalized spacial score (nSPS) is 10.2. The molecule has 0 bridgehead atoms. The number of pyridine rings is 1. The molecule has 0 atom stereocenters. The maximum Gasteiger partial charge on any atom is 0.259 e. The van der Waals surface area contributed by atoms with Crippen molar-refractivity contribution in [2.75, 3.05) is 17.2 Å². The zero-order valence-corrected chi connectivity index (χ0v) is 12.1. The number of benzene rings is 1. The first-order chi connectivity index (χ1) is 10.1. The molecule has 0 radical (unpaired) electrons. The van der Waals surface area contributed by atoms with Crippen LogP contribution in [0, 0.1) is 12.7 Å². The highest BCUT2D eigenvalue weighted by atomic mass is 19.1. The monoisotopic (exact) mass is 287 g/mol. The summed E-state index contributed by atoms with van der Waals surface area (Å²) in [7, 11) is 0. The highest BCUT2D eigenvalue weighted by molar-refractivity contribution is 6.07. The second-order valence-electron chi connectivity index (χ2n) is 4.74. The fraction of sp³-hybridized carbons (Fsp3) is 0.250. The molecule has 0 spiro atoms. The topological polar surface area (TPSA) is 54.0 Å². The number of aromatic nitrogens is 1. The van der Waals surface area contributed by atoms with Gasteiger partial charge < -0.3 is 10.6 Å². The van der Waals surface area contributed by atoms with Gasteiger partial charge in [-0.1, -0.05) is 13.0 Å². The molecule has 0 saturated carbocycles. The van der Waals surface area contributed by atoms with Gasteiger partial charge in [-0.25, -0.2) is 9.37 Å². The highest BCUT2D eigenvalue weighted by Crippen LogP contribution is 2.19. The standard InChI is InChI=1S/C16H18FN3O/c1-3-8-18-15-13(5-4-9-19-15)16(21)20-14-10-12(17)7-6-11(14)2/h4-7,9-10H,3,8H2,1-2H3,(H,18,19)(H,20,21). The van der Waals surface area contributed by atoms with Crippen LogP contribution in [0.2, 0.25) is 0 Å². The molecule has 1 aromatic carbocycles. The maximum absolute atomic E-state index is 13.3. The molecule has 4 nitrogen and oxygen atoms in total. The minimum Gasteiger partial charge on any atom is -0.369 e. The van der Waals surface area contributed by atoms with Crippen molar-refractivity contribution >= 4 is 17.4 Å². The Labute approximate surface area is 123 Å². The van der Waals surface area contributed by atoms with Gasteiger partial charge in [0.15, 0.2) is 0 Å². The van der Waals surface area contributed by atoms with Crippen molar-refractivity contribution in [1.29, 1.82) is 0 Å². The summed E-state index contributed by atoms with van der Waals surface area (Å²) in [5.74, 6) is -0.160. The molecule has 21 heavy (non-hydrogen) atoms. The van der Waals surface area contributed by atoms with Gasteiger partial charge >= 0.3 is 0 Å². The Kier molecular flexibility index (Phi) is 4.87. The lowest BCUT2D eigenvalue weighted by Gasteiger charge is -2.12. The van der Waals surface area contributed by atoms with Gasteiger partial charge in [-0.15, -0.1) is 0 Å². The second kappa shape index (κ2) is 6.83. The van der Waals surface area contributed by atoms with Crippen LogP contribution < -0.4 is 10.6 Å². The molecule has 0 aliphatic rings. The molecule has 1 aromatic heterocycles. The Morgan fingerprint density at radius 1 is 1.33 bits per heavy atom. The predicted molar refractivity (Wildman–Crippen MR) is 82.1 cm³/mol. The van der Waals surface area contributed by atoms with Crippen molar-refractivity contribution in [1.82, 2.24) is 4.98 Å². The Hall–Kier alpha value is -2.43. The van der Waals surface area contributed by atoms with E-state index in [1.165, 1.54) is 12.1 Å². The van der Waals surface area contributed by atoms with E-state index in [0.717, 1.165) is 18.5 Å². The number of hydrogen-bond donors (Lipinski definition) is 2. The number of carbonyl (C=O) groups excluding carboxylic acids is 1. The molecule has 0 aliphatic heterocycles. The summed E-state index contributed by atoms with van der Waals surface area (Å²) in [6.07, 6.45) is 2.56. The fourth-order valence-corrected chi connectivity index (χ4v) is 1.89. The van der Waals surface area contributed by atoms with Crippen LogP contribution in [0.5, 0.6) is 0 Å². The van der Waals surface area contributed by atoms with E-state index in [9.17, 15) is 9.18 Å². The average Bonchev–Trinajstić information content (AvgIpc) is 2.49. The van der Waals surface area contributed by atoms with Crippen LogP contribution in [0.4, 0.5) is 15.9 Å². The van der Waals surface area contributed by atoms with Gasteiger partial charge in [0.1, 0.15) is 11.6 Å². The molecule has 1 heterocycles. The van der Waals surface area contributed by atoms with E-state index < -0.39 is 0 Å². The number of nitrogens with one attached hydrogen (secondary N) is 2. The van der Waals surface area contributed by atoms with E-state index in [1.807, 2.05) is 13.8 Å². The van der Waals surface area contributed by atoms with Crippen molar-refractivity contribution in [3.63, 3.8) is 0 Å². The van der Waals surface area contributed by atoms with E-state index in [2.05, 4.69) is 15.6 Å². The van der Waals surface area contributed by atoms with Gasteiger partial charge in [-0.05, 0) is 43.2 Å². The smallest absolute Gasteiger partial charge is 0.259 e. The van der Waals surface area contributed by atoms with Crippen LogP contribution in [0.15, 0.2) is 36.5 Å². The number of hydrogen-bond acceptors (Lipinski definition) is 3.